The van der Waals surface area contributed by atoms with E-state index in [4.69, 9.17) is 4.99 Å². The molecule has 3 heterocycles. The van der Waals surface area contributed by atoms with Crippen molar-refractivity contribution in [2.45, 2.75) is 19.4 Å². The van der Waals surface area contributed by atoms with Crippen molar-refractivity contribution in [3.05, 3.63) is 71.8 Å². The molecule has 2 aromatic heterocycles. The quantitative estimate of drug-likeness (QED) is 0.818. The molecule has 0 saturated carbocycles. The molecule has 1 aliphatic rings. The van der Waals surface area contributed by atoms with Gasteiger partial charge in [-0.25, -0.2) is 0 Å². The van der Waals surface area contributed by atoms with Crippen molar-refractivity contribution in [2.24, 2.45) is 4.99 Å². The molecule has 3 rings (SSSR count). The Morgan fingerprint density at radius 1 is 1.00 bits per heavy atom. The van der Waals surface area contributed by atoms with Gasteiger partial charge in [-0.15, -0.1) is 0 Å². The molecule has 0 spiro atoms. The highest BCUT2D eigenvalue weighted by Crippen LogP contribution is 2.28. The molecule has 0 aromatic carbocycles. The molecule has 19 heavy (non-hydrogen) atoms. The Morgan fingerprint density at radius 2 is 1.79 bits per heavy atom. The van der Waals surface area contributed by atoms with Gasteiger partial charge in [0, 0.05) is 12.4 Å². The SMILES string of the molecule is CC1=CC(c2ccccn2)=NC(c2ccccn2)C1. The van der Waals surface area contributed by atoms with Crippen LogP contribution in [-0.2, 0) is 0 Å². The highest BCUT2D eigenvalue weighted by atomic mass is 14.9. The summed E-state index contributed by atoms with van der Waals surface area (Å²) in [6.07, 6.45) is 6.65. The van der Waals surface area contributed by atoms with Gasteiger partial charge in [-0.05, 0) is 43.7 Å². The summed E-state index contributed by atoms with van der Waals surface area (Å²) in [4.78, 5) is 13.6. The Bertz CT molecular complexity index is 615. The van der Waals surface area contributed by atoms with E-state index in [0.29, 0.717) is 0 Å². The first-order chi connectivity index (χ1) is 9.33. The van der Waals surface area contributed by atoms with Gasteiger partial charge >= 0.3 is 0 Å². The molecule has 0 radical (unpaired) electrons. The summed E-state index contributed by atoms with van der Waals surface area (Å²) < 4.78 is 0. The first-order valence-electron chi connectivity index (χ1n) is 6.40. The number of hydrogen-bond donors (Lipinski definition) is 0. The topological polar surface area (TPSA) is 38.1 Å². The highest BCUT2D eigenvalue weighted by Gasteiger charge is 2.18. The van der Waals surface area contributed by atoms with Gasteiger partial charge in [-0.2, -0.15) is 0 Å². The van der Waals surface area contributed by atoms with E-state index in [9.17, 15) is 0 Å². The fourth-order valence-electron chi connectivity index (χ4n) is 2.25. The predicted molar refractivity (Wildman–Crippen MR) is 76.1 cm³/mol. The normalized spacial score (nSPS) is 18.7. The number of allylic oxidation sites excluding steroid dienone is 1. The Labute approximate surface area is 112 Å². The molecular formula is C16H15N3. The number of dihydropyridines is 1. The maximum atomic E-state index is 4.79. The van der Waals surface area contributed by atoms with Gasteiger partial charge < -0.3 is 0 Å². The van der Waals surface area contributed by atoms with Crippen molar-refractivity contribution >= 4 is 5.71 Å². The number of rotatable bonds is 2. The van der Waals surface area contributed by atoms with Crippen LogP contribution < -0.4 is 0 Å². The standard InChI is InChI=1S/C16H15N3/c1-12-10-15(13-6-2-4-8-17-13)19-16(11-12)14-7-3-5-9-18-14/h2-10,16H,11H2,1H3. The van der Waals surface area contributed by atoms with Gasteiger partial charge in [0.25, 0.3) is 0 Å². The van der Waals surface area contributed by atoms with Crippen LogP contribution in [0.25, 0.3) is 0 Å². The second kappa shape index (κ2) is 5.14. The van der Waals surface area contributed by atoms with Crippen LogP contribution in [-0.4, -0.2) is 15.7 Å². The van der Waals surface area contributed by atoms with Gasteiger partial charge in [0.2, 0.25) is 0 Å². The van der Waals surface area contributed by atoms with E-state index in [1.54, 1.807) is 6.20 Å². The largest absolute Gasteiger partial charge is 0.273 e. The Hall–Kier alpha value is -2.29. The number of aromatic nitrogens is 2. The van der Waals surface area contributed by atoms with E-state index >= 15 is 0 Å². The second-order valence-corrected chi connectivity index (χ2v) is 4.69. The molecule has 2 aromatic rings. The third-order valence-corrected chi connectivity index (χ3v) is 3.15. The molecule has 1 atom stereocenters. The summed E-state index contributed by atoms with van der Waals surface area (Å²) in [5, 5.41) is 0. The van der Waals surface area contributed by atoms with Crippen LogP contribution in [0.3, 0.4) is 0 Å². The van der Waals surface area contributed by atoms with Gasteiger partial charge in [0.05, 0.1) is 23.1 Å². The molecule has 0 N–H and O–H groups in total. The summed E-state index contributed by atoms with van der Waals surface area (Å²) >= 11 is 0. The minimum Gasteiger partial charge on any atom is -0.273 e. The summed E-state index contributed by atoms with van der Waals surface area (Å²) in [5.41, 5.74) is 4.19. The fraction of sp³-hybridized carbons (Fsp3) is 0.188. The van der Waals surface area contributed by atoms with Gasteiger partial charge in [-0.3, -0.25) is 15.0 Å². The molecule has 94 valence electrons. The summed E-state index contributed by atoms with van der Waals surface area (Å²) in [7, 11) is 0. The lowest BCUT2D eigenvalue weighted by Gasteiger charge is -2.18. The zero-order chi connectivity index (χ0) is 13.1. The molecule has 1 aliphatic heterocycles. The summed E-state index contributed by atoms with van der Waals surface area (Å²) in [6, 6.07) is 12.0. The molecule has 0 aliphatic carbocycles. The maximum Gasteiger partial charge on any atom is 0.0964 e. The number of nitrogens with zero attached hydrogens (tertiary/aromatic N) is 3. The van der Waals surface area contributed by atoms with Gasteiger partial charge in [0.1, 0.15) is 0 Å². The van der Waals surface area contributed by atoms with Gasteiger partial charge in [0.15, 0.2) is 0 Å². The summed E-state index contributed by atoms with van der Waals surface area (Å²) in [6.45, 7) is 2.13. The number of hydrogen-bond acceptors (Lipinski definition) is 3. The van der Waals surface area contributed by atoms with Crippen LogP contribution in [0.5, 0.6) is 0 Å². The second-order valence-electron chi connectivity index (χ2n) is 4.69. The minimum atomic E-state index is 0.100. The van der Waals surface area contributed by atoms with E-state index < -0.39 is 0 Å². The van der Waals surface area contributed by atoms with Crippen LogP contribution in [0.15, 0.2) is 65.4 Å². The van der Waals surface area contributed by atoms with Crippen molar-refractivity contribution in [3.63, 3.8) is 0 Å². The number of pyridine rings is 2. The van der Waals surface area contributed by atoms with Crippen LogP contribution in [0.2, 0.25) is 0 Å². The fourth-order valence-corrected chi connectivity index (χ4v) is 2.25. The molecule has 3 heteroatoms. The zero-order valence-electron chi connectivity index (χ0n) is 10.8. The monoisotopic (exact) mass is 249 g/mol. The van der Waals surface area contributed by atoms with Crippen molar-refractivity contribution in [1.29, 1.82) is 0 Å². The predicted octanol–water partition coefficient (Wildman–Crippen LogP) is 3.36. The lowest BCUT2D eigenvalue weighted by atomic mass is 9.98. The summed E-state index contributed by atoms with van der Waals surface area (Å²) in [5.74, 6) is 0. The van der Waals surface area contributed by atoms with E-state index in [0.717, 1.165) is 23.5 Å². The van der Waals surface area contributed by atoms with E-state index in [2.05, 4.69) is 23.0 Å². The number of aliphatic imine (C=N–C) groups is 1. The first-order valence-corrected chi connectivity index (χ1v) is 6.40. The van der Waals surface area contributed by atoms with Crippen molar-refractivity contribution in [1.82, 2.24) is 9.97 Å². The zero-order valence-corrected chi connectivity index (χ0v) is 10.8. The van der Waals surface area contributed by atoms with Crippen molar-refractivity contribution < 1.29 is 0 Å². The van der Waals surface area contributed by atoms with E-state index in [1.165, 1.54) is 5.57 Å². The minimum absolute atomic E-state index is 0.100. The van der Waals surface area contributed by atoms with Crippen LogP contribution in [0.1, 0.15) is 30.8 Å². The van der Waals surface area contributed by atoms with Crippen LogP contribution in [0, 0.1) is 0 Å². The average molecular weight is 249 g/mol. The Morgan fingerprint density at radius 3 is 2.47 bits per heavy atom. The van der Waals surface area contributed by atoms with Crippen molar-refractivity contribution in [2.75, 3.05) is 0 Å². The van der Waals surface area contributed by atoms with Crippen LogP contribution >= 0.6 is 0 Å². The third-order valence-electron chi connectivity index (χ3n) is 3.15. The van der Waals surface area contributed by atoms with E-state index in [1.807, 2.05) is 42.6 Å². The molecule has 0 saturated heterocycles. The average Bonchev–Trinajstić information content (AvgIpc) is 2.48. The van der Waals surface area contributed by atoms with Crippen LogP contribution in [0.4, 0.5) is 0 Å². The molecule has 1 unspecified atom stereocenters. The smallest absolute Gasteiger partial charge is 0.0964 e. The van der Waals surface area contributed by atoms with Gasteiger partial charge in [-0.1, -0.05) is 17.7 Å². The van der Waals surface area contributed by atoms with E-state index in [-0.39, 0.29) is 6.04 Å². The van der Waals surface area contributed by atoms with Crippen molar-refractivity contribution in [3.8, 4) is 0 Å². The molecular weight excluding hydrogens is 234 g/mol. The lowest BCUT2D eigenvalue weighted by molar-refractivity contribution is 0.686. The Balaban J connectivity index is 1.98. The first kappa shape index (κ1) is 11.8. The highest BCUT2D eigenvalue weighted by molar-refractivity contribution is 6.08. The maximum absolute atomic E-state index is 4.79. The molecule has 0 amide bonds. The molecule has 0 fully saturated rings. The lowest BCUT2D eigenvalue weighted by Crippen LogP contribution is -2.11. The molecule has 0 bridgehead atoms. The Kier molecular flexibility index (Phi) is 3.19. The molecule has 3 nitrogen and oxygen atoms in total. The third kappa shape index (κ3) is 2.60.